The maximum Gasteiger partial charge on any atom is 0.227 e. The Morgan fingerprint density at radius 3 is 2.52 bits per heavy atom. The van der Waals surface area contributed by atoms with Gasteiger partial charge in [-0.2, -0.15) is 4.98 Å². The van der Waals surface area contributed by atoms with Crippen molar-refractivity contribution in [3.05, 3.63) is 107 Å². The predicted molar refractivity (Wildman–Crippen MR) is 123 cm³/mol. The first-order valence-corrected chi connectivity index (χ1v) is 11.6. The Balaban J connectivity index is 1.65. The Morgan fingerprint density at radius 1 is 0.970 bits per heavy atom. The fourth-order valence-corrected chi connectivity index (χ4v) is 4.80. The fourth-order valence-electron chi connectivity index (χ4n) is 4.46. The van der Waals surface area contributed by atoms with E-state index in [1.165, 1.54) is 30.0 Å². The highest BCUT2D eigenvalue weighted by molar-refractivity contribution is 7.98. The molecule has 0 saturated heterocycles. The number of halogens is 2. The number of para-hydroxylation sites is 1. The smallest absolute Gasteiger partial charge is 0.227 e. The third kappa shape index (κ3) is 3.21. The monoisotopic (exact) mass is 460 g/mol. The second kappa shape index (κ2) is 7.74. The molecule has 3 heterocycles. The molecule has 3 aromatic carbocycles. The molecule has 2 aliphatic rings. The van der Waals surface area contributed by atoms with Gasteiger partial charge in [-0.1, -0.05) is 54.2 Å². The Bertz CT molecular complexity index is 1400. The van der Waals surface area contributed by atoms with Gasteiger partial charge in [0.25, 0.3) is 0 Å². The molecule has 2 unspecified atom stereocenters. The third-order valence-corrected chi connectivity index (χ3v) is 6.45. The Hall–Kier alpha value is -3.65. The van der Waals surface area contributed by atoms with E-state index < -0.39 is 12.1 Å². The van der Waals surface area contributed by atoms with E-state index in [2.05, 4.69) is 15.4 Å². The molecule has 33 heavy (non-hydrogen) atoms. The van der Waals surface area contributed by atoms with Gasteiger partial charge >= 0.3 is 0 Å². The molecule has 8 heteroatoms. The quantitative estimate of drug-likeness (QED) is 0.390. The topological polar surface area (TPSA) is 52.0 Å². The van der Waals surface area contributed by atoms with Crippen molar-refractivity contribution in [1.29, 1.82) is 0 Å². The molecule has 1 N–H and O–H groups in total. The highest BCUT2D eigenvalue weighted by Crippen LogP contribution is 2.51. The van der Waals surface area contributed by atoms with Crippen molar-refractivity contribution in [2.75, 3.05) is 11.6 Å². The molecule has 0 radical (unpaired) electrons. The van der Waals surface area contributed by atoms with Crippen molar-refractivity contribution in [2.24, 2.45) is 0 Å². The Labute approximate surface area is 193 Å². The number of fused-ring (bicyclic) bond motifs is 3. The molecule has 0 amide bonds. The average molecular weight is 461 g/mol. The zero-order chi connectivity index (χ0) is 22.5. The molecular weight excluding hydrogens is 442 g/mol. The van der Waals surface area contributed by atoms with Gasteiger partial charge in [0.15, 0.2) is 6.10 Å². The van der Waals surface area contributed by atoms with Gasteiger partial charge in [0.1, 0.15) is 23.4 Å². The zero-order valence-corrected chi connectivity index (χ0v) is 18.3. The number of ether oxygens (including phenoxy) is 1. The van der Waals surface area contributed by atoms with E-state index >= 15 is 4.39 Å². The van der Waals surface area contributed by atoms with E-state index in [-0.39, 0.29) is 11.6 Å². The van der Waals surface area contributed by atoms with Crippen LogP contribution in [-0.2, 0) is 0 Å². The molecule has 1 aromatic heterocycles. The average Bonchev–Trinajstić information content (AvgIpc) is 3.26. The van der Waals surface area contributed by atoms with Crippen LogP contribution < -0.4 is 10.1 Å². The van der Waals surface area contributed by atoms with Crippen LogP contribution in [0, 0.1) is 11.6 Å². The number of nitrogens with one attached hydrogen (secondary N) is 1. The largest absolute Gasteiger partial charge is 0.480 e. The van der Waals surface area contributed by atoms with Gasteiger partial charge in [0.2, 0.25) is 11.1 Å². The lowest BCUT2D eigenvalue weighted by Crippen LogP contribution is -2.32. The fraction of sp³-hybridized carbons (Fsp3) is 0.120. The summed E-state index contributed by atoms with van der Waals surface area (Å²) in [5, 5.41) is 8.69. The number of nitrogens with zero attached hydrogens (tertiary/aromatic N) is 3. The highest BCUT2D eigenvalue weighted by Gasteiger charge is 2.42. The van der Waals surface area contributed by atoms with E-state index in [0.29, 0.717) is 22.4 Å². The molecular formula is C25H18F2N4OS. The number of rotatable bonds is 3. The molecule has 0 spiro atoms. The van der Waals surface area contributed by atoms with Gasteiger partial charge in [-0.3, -0.25) is 0 Å². The summed E-state index contributed by atoms with van der Waals surface area (Å²) in [4.78, 5) is 4.62. The normalized spacial score (nSPS) is 18.6. The van der Waals surface area contributed by atoms with Gasteiger partial charge in [-0.05, 0) is 42.2 Å². The first-order valence-electron chi connectivity index (χ1n) is 10.4. The van der Waals surface area contributed by atoms with Crippen LogP contribution in [0.1, 0.15) is 28.8 Å². The second-order valence-electron chi connectivity index (χ2n) is 7.79. The maximum absolute atomic E-state index is 15.0. The molecule has 2 aliphatic heterocycles. The molecule has 6 rings (SSSR count). The van der Waals surface area contributed by atoms with Crippen LogP contribution in [0.5, 0.6) is 5.75 Å². The van der Waals surface area contributed by atoms with Crippen LogP contribution >= 0.6 is 11.8 Å². The van der Waals surface area contributed by atoms with E-state index in [1.807, 2.05) is 30.5 Å². The summed E-state index contributed by atoms with van der Waals surface area (Å²) in [5.41, 5.74) is 3.66. The summed E-state index contributed by atoms with van der Waals surface area (Å²) < 4.78 is 37.0. The van der Waals surface area contributed by atoms with E-state index in [4.69, 9.17) is 4.74 Å². The molecule has 164 valence electrons. The second-order valence-corrected chi connectivity index (χ2v) is 8.57. The van der Waals surface area contributed by atoms with Crippen LogP contribution in [0.4, 0.5) is 14.7 Å². The minimum atomic E-state index is -0.714. The number of hydrogen-bond acceptors (Lipinski definition) is 5. The number of thioether (sulfide) groups is 1. The van der Waals surface area contributed by atoms with Gasteiger partial charge in [0.05, 0.1) is 5.70 Å². The van der Waals surface area contributed by atoms with Gasteiger partial charge < -0.3 is 10.1 Å². The predicted octanol–water partition coefficient (Wildman–Crippen LogP) is 5.84. The minimum absolute atomic E-state index is 0.332. The number of aromatic nitrogens is 3. The lowest BCUT2D eigenvalue weighted by molar-refractivity contribution is 0.218. The summed E-state index contributed by atoms with van der Waals surface area (Å²) in [5.74, 6) is 0.520. The van der Waals surface area contributed by atoms with Gasteiger partial charge in [0, 0.05) is 16.7 Å². The van der Waals surface area contributed by atoms with Crippen molar-refractivity contribution >= 4 is 23.4 Å². The van der Waals surface area contributed by atoms with Crippen LogP contribution in [-0.4, -0.2) is 21.0 Å². The van der Waals surface area contributed by atoms with E-state index in [1.54, 1.807) is 35.0 Å². The third-order valence-electron chi connectivity index (χ3n) is 5.92. The first-order chi connectivity index (χ1) is 16.1. The maximum atomic E-state index is 15.0. The Kier molecular flexibility index (Phi) is 4.69. The van der Waals surface area contributed by atoms with Crippen LogP contribution in [0.25, 0.3) is 5.70 Å². The van der Waals surface area contributed by atoms with Crippen molar-refractivity contribution < 1.29 is 13.5 Å². The van der Waals surface area contributed by atoms with E-state index in [9.17, 15) is 4.39 Å². The van der Waals surface area contributed by atoms with Crippen molar-refractivity contribution in [1.82, 2.24) is 14.8 Å². The van der Waals surface area contributed by atoms with Crippen molar-refractivity contribution in [3.8, 4) is 5.75 Å². The van der Waals surface area contributed by atoms with Crippen LogP contribution in [0.2, 0.25) is 0 Å². The summed E-state index contributed by atoms with van der Waals surface area (Å²) in [6.45, 7) is 0. The number of anilines is 1. The SMILES string of the molecule is CSc1nc2n(n1)C(c1ccc(F)cc1)C1=C(N2)c2ccccc2OC1c1ccccc1F. The Morgan fingerprint density at radius 2 is 1.73 bits per heavy atom. The molecule has 0 fully saturated rings. The molecule has 0 aliphatic carbocycles. The lowest BCUT2D eigenvalue weighted by Gasteiger charge is -2.38. The first kappa shape index (κ1) is 20.0. The summed E-state index contributed by atoms with van der Waals surface area (Å²) in [6, 6.07) is 20.0. The summed E-state index contributed by atoms with van der Waals surface area (Å²) in [7, 11) is 0. The van der Waals surface area contributed by atoms with Crippen LogP contribution in [0.3, 0.4) is 0 Å². The van der Waals surface area contributed by atoms with Crippen LogP contribution in [0.15, 0.2) is 83.5 Å². The molecule has 2 atom stereocenters. The summed E-state index contributed by atoms with van der Waals surface area (Å²) in [6.07, 6.45) is 1.19. The molecule has 0 bridgehead atoms. The number of hydrogen-bond donors (Lipinski definition) is 1. The minimum Gasteiger partial charge on any atom is -0.480 e. The molecule has 0 saturated carbocycles. The standard InChI is InChI=1S/C25H18F2N4OS/c1-33-25-29-24-28-21-17-7-3-5-9-19(17)32-23(16-6-2-4-8-18(16)27)20(21)22(31(24)30-25)14-10-12-15(26)13-11-14/h2-13,22-23H,1H3,(H,28,29,30). The molecule has 4 aromatic rings. The number of benzene rings is 3. The van der Waals surface area contributed by atoms with E-state index in [0.717, 1.165) is 22.4 Å². The van der Waals surface area contributed by atoms with Crippen molar-refractivity contribution in [2.45, 2.75) is 17.3 Å². The van der Waals surface area contributed by atoms with Gasteiger partial charge in [-0.15, -0.1) is 5.10 Å². The summed E-state index contributed by atoms with van der Waals surface area (Å²) >= 11 is 1.43. The lowest BCUT2D eigenvalue weighted by atomic mass is 9.84. The van der Waals surface area contributed by atoms with Gasteiger partial charge in [-0.25, -0.2) is 13.5 Å². The zero-order valence-electron chi connectivity index (χ0n) is 17.5. The highest BCUT2D eigenvalue weighted by atomic mass is 32.2. The van der Waals surface area contributed by atoms with Crippen molar-refractivity contribution in [3.63, 3.8) is 0 Å². The molecule has 5 nitrogen and oxygen atoms in total.